The molecule has 18 heavy (non-hydrogen) atoms. The summed E-state index contributed by atoms with van der Waals surface area (Å²) in [5.74, 6) is -0.342. The highest BCUT2D eigenvalue weighted by Gasteiger charge is 2.14. The van der Waals surface area contributed by atoms with Crippen molar-refractivity contribution in [3.8, 4) is 0 Å². The monoisotopic (exact) mass is 310 g/mol. The van der Waals surface area contributed by atoms with Gasteiger partial charge in [0.15, 0.2) is 0 Å². The molecule has 0 atom stereocenters. The molecular weight excluding hydrogens is 300 g/mol. The molecule has 2 rings (SSSR count). The van der Waals surface area contributed by atoms with Gasteiger partial charge in [0.25, 0.3) is 5.91 Å². The van der Waals surface area contributed by atoms with Crippen LogP contribution in [-0.2, 0) is 7.05 Å². The van der Waals surface area contributed by atoms with Gasteiger partial charge < -0.3 is 0 Å². The minimum Gasteiger partial charge on any atom is -0.282 e. The minimum atomic E-state index is -0.342. The quantitative estimate of drug-likeness (QED) is 0.654. The molecule has 0 spiro atoms. The predicted molar refractivity (Wildman–Crippen MR) is 69.3 cm³/mol. The number of hydrogen-bond acceptors (Lipinski definition) is 4. The highest BCUT2D eigenvalue weighted by atomic mass is 79.9. The van der Waals surface area contributed by atoms with Crippen molar-refractivity contribution in [2.75, 3.05) is 0 Å². The Balaban J connectivity index is 2.03. The molecule has 0 unspecified atom stereocenters. The van der Waals surface area contributed by atoms with Gasteiger partial charge in [0, 0.05) is 12.7 Å². The van der Waals surface area contributed by atoms with E-state index in [2.05, 4.69) is 41.8 Å². The molecular formula is C10H11BrN6O. The highest BCUT2D eigenvalue weighted by molar-refractivity contribution is 9.10. The van der Waals surface area contributed by atoms with E-state index in [4.69, 9.17) is 0 Å². The zero-order valence-corrected chi connectivity index (χ0v) is 11.4. The van der Waals surface area contributed by atoms with Crippen LogP contribution in [0.5, 0.6) is 0 Å². The molecule has 0 aliphatic rings. The molecule has 2 heterocycles. The lowest BCUT2D eigenvalue weighted by Gasteiger charge is -2.00. The van der Waals surface area contributed by atoms with Gasteiger partial charge in [-0.1, -0.05) is 0 Å². The molecule has 0 radical (unpaired) electrons. The summed E-state index contributed by atoms with van der Waals surface area (Å²) in [5, 5.41) is 14.5. The summed E-state index contributed by atoms with van der Waals surface area (Å²) in [6.07, 6.45) is 3.02. The summed E-state index contributed by atoms with van der Waals surface area (Å²) in [6.45, 7) is 1.88. The number of halogens is 1. The molecule has 1 amide bonds. The van der Waals surface area contributed by atoms with E-state index >= 15 is 0 Å². The SMILES string of the molecule is Cc1cc(C=NNC(=O)c2c(Br)cnn2C)n[nH]1. The molecule has 0 aliphatic heterocycles. The lowest BCUT2D eigenvalue weighted by Crippen LogP contribution is -2.21. The van der Waals surface area contributed by atoms with Crippen molar-refractivity contribution in [3.05, 3.63) is 33.8 Å². The van der Waals surface area contributed by atoms with E-state index in [0.717, 1.165) is 5.69 Å². The summed E-state index contributed by atoms with van der Waals surface area (Å²) in [7, 11) is 1.68. The summed E-state index contributed by atoms with van der Waals surface area (Å²) >= 11 is 3.24. The maximum Gasteiger partial charge on any atom is 0.290 e. The largest absolute Gasteiger partial charge is 0.290 e. The topological polar surface area (TPSA) is 88.0 Å². The molecule has 2 aromatic rings. The van der Waals surface area contributed by atoms with E-state index in [1.54, 1.807) is 13.2 Å². The Labute approximate surface area is 111 Å². The number of hydrazone groups is 1. The molecule has 0 bridgehead atoms. The third kappa shape index (κ3) is 2.65. The van der Waals surface area contributed by atoms with Crippen LogP contribution in [0.2, 0.25) is 0 Å². The fourth-order valence-corrected chi connectivity index (χ4v) is 1.91. The molecule has 0 saturated heterocycles. The summed E-state index contributed by atoms with van der Waals surface area (Å²) in [5.41, 5.74) is 4.40. The Bertz CT molecular complexity index is 580. The second-order valence-electron chi connectivity index (χ2n) is 3.64. The van der Waals surface area contributed by atoms with Crippen LogP contribution in [0.4, 0.5) is 0 Å². The van der Waals surface area contributed by atoms with Crippen molar-refractivity contribution >= 4 is 28.1 Å². The zero-order valence-electron chi connectivity index (χ0n) is 9.81. The third-order valence-electron chi connectivity index (χ3n) is 2.20. The van der Waals surface area contributed by atoms with Crippen LogP contribution in [0.15, 0.2) is 21.8 Å². The Morgan fingerprint density at radius 1 is 1.67 bits per heavy atom. The number of H-pyrrole nitrogens is 1. The van der Waals surface area contributed by atoms with Crippen molar-refractivity contribution in [1.82, 2.24) is 25.4 Å². The number of amides is 1. The second kappa shape index (κ2) is 5.13. The van der Waals surface area contributed by atoms with Gasteiger partial charge in [-0.15, -0.1) is 0 Å². The van der Waals surface area contributed by atoms with Crippen molar-refractivity contribution < 1.29 is 4.79 Å². The smallest absolute Gasteiger partial charge is 0.282 e. The van der Waals surface area contributed by atoms with Crippen LogP contribution < -0.4 is 5.43 Å². The first-order valence-corrected chi connectivity index (χ1v) is 5.90. The lowest BCUT2D eigenvalue weighted by molar-refractivity contribution is 0.0945. The molecule has 0 aliphatic carbocycles. The highest BCUT2D eigenvalue weighted by Crippen LogP contribution is 2.14. The van der Waals surface area contributed by atoms with Crippen LogP contribution in [0.3, 0.4) is 0 Å². The van der Waals surface area contributed by atoms with Crippen LogP contribution >= 0.6 is 15.9 Å². The van der Waals surface area contributed by atoms with E-state index in [1.807, 2.05) is 13.0 Å². The van der Waals surface area contributed by atoms with Gasteiger partial charge in [-0.3, -0.25) is 14.6 Å². The van der Waals surface area contributed by atoms with Gasteiger partial charge in [-0.2, -0.15) is 15.3 Å². The maximum absolute atomic E-state index is 11.8. The normalized spacial score (nSPS) is 11.1. The molecule has 94 valence electrons. The third-order valence-corrected chi connectivity index (χ3v) is 2.78. The van der Waals surface area contributed by atoms with E-state index in [0.29, 0.717) is 15.9 Å². The summed E-state index contributed by atoms with van der Waals surface area (Å²) < 4.78 is 2.08. The number of carbonyl (C=O) groups is 1. The van der Waals surface area contributed by atoms with Crippen LogP contribution in [0.1, 0.15) is 21.9 Å². The second-order valence-corrected chi connectivity index (χ2v) is 4.49. The first-order chi connectivity index (χ1) is 8.58. The van der Waals surface area contributed by atoms with Crippen LogP contribution in [0, 0.1) is 6.92 Å². The van der Waals surface area contributed by atoms with E-state index < -0.39 is 0 Å². The molecule has 2 N–H and O–H groups in total. The van der Waals surface area contributed by atoms with E-state index in [-0.39, 0.29) is 5.91 Å². The number of aromatic amines is 1. The Morgan fingerprint density at radius 2 is 2.44 bits per heavy atom. The average Bonchev–Trinajstić information content (AvgIpc) is 2.86. The molecule has 2 aromatic heterocycles. The van der Waals surface area contributed by atoms with E-state index in [1.165, 1.54) is 10.9 Å². The molecule has 7 nitrogen and oxygen atoms in total. The number of nitrogens with zero attached hydrogens (tertiary/aromatic N) is 4. The van der Waals surface area contributed by atoms with Gasteiger partial charge in [0.05, 0.1) is 16.9 Å². The van der Waals surface area contributed by atoms with Gasteiger partial charge >= 0.3 is 0 Å². The first kappa shape index (κ1) is 12.5. The minimum absolute atomic E-state index is 0.342. The van der Waals surface area contributed by atoms with Crippen LogP contribution in [0.25, 0.3) is 0 Å². The molecule has 0 fully saturated rings. The lowest BCUT2D eigenvalue weighted by atomic mass is 10.4. The van der Waals surface area contributed by atoms with E-state index in [9.17, 15) is 4.79 Å². The Kier molecular flexibility index (Phi) is 3.56. The van der Waals surface area contributed by atoms with Gasteiger partial charge in [-0.25, -0.2) is 5.43 Å². The fraction of sp³-hybridized carbons (Fsp3) is 0.200. The van der Waals surface area contributed by atoms with Crippen molar-refractivity contribution in [2.24, 2.45) is 12.1 Å². The number of carbonyl (C=O) groups excluding carboxylic acids is 1. The number of aryl methyl sites for hydroxylation is 2. The number of aromatic nitrogens is 4. The predicted octanol–water partition coefficient (Wildman–Crippen LogP) is 0.978. The fourth-order valence-electron chi connectivity index (χ4n) is 1.38. The molecule has 0 aromatic carbocycles. The van der Waals surface area contributed by atoms with Crippen molar-refractivity contribution in [2.45, 2.75) is 6.92 Å². The van der Waals surface area contributed by atoms with Gasteiger partial charge in [0.1, 0.15) is 11.4 Å². The number of rotatable bonds is 3. The maximum atomic E-state index is 11.8. The van der Waals surface area contributed by atoms with Gasteiger partial charge in [0.2, 0.25) is 0 Å². The zero-order chi connectivity index (χ0) is 13.1. The Hall–Kier alpha value is -1.96. The van der Waals surface area contributed by atoms with Crippen LogP contribution in [-0.4, -0.2) is 32.1 Å². The summed E-state index contributed by atoms with van der Waals surface area (Å²) in [4.78, 5) is 11.8. The van der Waals surface area contributed by atoms with Gasteiger partial charge in [-0.05, 0) is 28.9 Å². The molecule has 8 heteroatoms. The number of hydrogen-bond donors (Lipinski definition) is 2. The molecule has 0 saturated carbocycles. The van der Waals surface area contributed by atoms with Crippen molar-refractivity contribution in [3.63, 3.8) is 0 Å². The average molecular weight is 311 g/mol. The Morgan fingerprint density at radius 3 is 3.00 bits per heavy atom. The number of nitrogens with one attached hydrogen (secondary N) is 2. The summed E-state index contributed by atoms with van der Waals surface area (Å²) in [6, 6.07) is 1.82. The standard InChI is InChI=1S/C10H11BrN6O/c1-6-3-7(15-14-6)4-12-16-10(18)9-8(11)5-13-17(9)2/h3-5H,1-2H3,(H,14,15)(H,16,18). The first-order valence-electron chi connectivity index (χ1n) is 5.11. The van der Waals surface area contributed by atoms with Crippen molar-refractivity contribution in [1.29, 1.82) is 0 Å².